The second-order valence-electron chi connectivity index (χ2n) is 5.18. The minimum Gasteiger partial charge on any atom is -0.507 e. The van der Waals surface area contributed by atoms with Gasteiger partial charge in [0.25, 0.3) is 0 Å². The summed E-state index contributed by atoms with van der Waals surface area (Å²) in [6.45, 7) is 0. The van der Waals surface area contributed by atoms with Crippen LogP contribution in [0.4, 0.5) is 0 Å². The molecule has 0 aromatic heterocycles. The standard InChI is InChI=1S/C18H19BO5/c1-22-16-8-11(9-17(23-2)18(16)24-3)4-6-14(20)13-10-12(19)5-7-15(13)21/h4-10,21H,19H2,1-3H3/b6-4+. The van der Waals surface area contributed by atoms with Crippen molar-refractivity contribution in [1.29, 1.82) is 0 Å². The van der Waals surface area contributed by atoms with Crippen molar-refractivity contribution in [2.24, 2.45) is 0 Å². The SMILES string of the molecule is Bc1ccc(O)c(C(=O)/C=C/c2cc(OC)c(OC)c(OC)c2)c1. The lowest BCUT2D eigenvalue weighted by Gasteiger charge is -2.12. The van der Waals surface area contributed by atoms with Gasteiger partial charge in [-0.2, -0.15) is 0 Å². The number of allylic oxidation sites excluding steroid dienone is 1. The highest BCUT2D eigenvalue weighted by atomic mass is 16.5. The van der Waals surface area contributed by atoms with Crippen LogP contribution < -0.4 is 19.7 Å². The van der Waals surface area contributed by atoms with Crippen molar-refractivity contribution in [1.82, 2.24) is 0 Å². The fourth-order valence-corrected chi connectivity index (χ4v) is 2.31. The largest absolute Gasteiger partial charge is 0.507 e. The fourth-order valence-electron chi connectivity index (χ4n) is 2.31. The van der Waals surface area contributed by atoms with Crippen molar-refractivity contribution in [2.45, 2.75) is 0 Å². The first kappa shape index (κ1) is 17.5. The second-order valence-corrected chi connectivity index (χ2v) is 5.18. The van der Waals surface area contributed by atoms with Gasteiger partial charge in [-0.15, -0.1) is 0 Å². The Morgan fingerprint density at radius 2 is 1.67 bits per heavy atom. The van der Waals surface area contributed by atoms with Crippen LogP contribution in [-0.2, 0) is 0 Å². The first-order chi connectivity index (χ1) is 11.5. The van der Waals surface area contributed by atoms with Crippen LogP contribution in [0.5, 0.6) is 23.0 Å². The number of rotatable bonds is 6. The smallest absolute Gasteiger partial charge is 0.203 e. The average Bonchev–Trinajstić information content (AvgIpc) is 2.60. The van der Waals surface area contributed by atoms with E-state index in [1.54, 1.807) is 30.3 Å². The van der Waals surface area contributed by atoms with Gasteiger partial charge in [0.2, 0.25) is 5.75 Å². The normalized spacial score (nSPS) is 10.6. The van der Waals surface area contributed by atoms with Gasteiger partial charge in [-0.1, -0.05) is 23.7 Å². The van der Waals surface area contributed by atoms with Crippen LogP contribution in [-0.4, -0.2) is 40.1 Å². The molecule has 124 valence electrons. The third kappa shape index (κ3) is 3.71. The number of ketones is 1. The van der Waals surface area contributed by atoms with Gasteiger partial charge in [0.05, 0.1) is 26.9 Å². The van der Waals surface area contributed by atoms with E-state index in [1.807, 2.05) is 7.85 Å². The molecule has 0 heterocycles. The van der Waals surface area contributed by atoms with Crippen LogP contribution >= 0.6 is 0 Å². The second kappa shape index (κ2) is 7.59. The summed E-state index contributed by atoms with van der Waals surface area (Å²) in [5, 5.41) is 9.82. The Hall–Kier alpha value is -2.89. The minimum atomic E-state index is -0.287. The Morgan fingerprint density at radius 3 is 2.21 bits per heavy atom. The summed E-state index contributed by atoms with van der Waals surface area (Å²) in [5.74, 6) is 1.16. The van der Waals surface area contributed by atoms with Gasteiger partial charge in [0, 0.05) is 0 Å². The highest BCUT2D eigenvalue weighted by Gasteiger charge is 2.13. The summed E-state index contributed by atoms with van der Waals surface area (Å²) in [6.07, 6.45) is 3.03. The van der Waals surface area contributed by atoms with Crippen molar-refractivity contribution in [3.63, 3.8) is 0 Å². The highest BCUT2D eigenvalue weighted by molar-refractivity contribution is 6.33. The molecule has 6 heteroatoms. The van der Waals surface area contributed by atoms with Crippen molar-refractivity contribution in [3.8, 4) is 23.0 Å². The number of phenols is 1. The Bertz CT molecular complexity index is 758. The number of aromatic hydroxyl groups is 1. The molecule has 0 amide bonds. The van der Waals surface area contributed by atoms with Crippen molar-refractivity contribution in [3.05, 3.63) is 47.5 Å². The zero-order valence-corrected chi connectivity index (χ0v) is 14.1. The molecule has 0 spiro atoms. The predicted molar refractivity (Wildman–Crippen MR) is 95.7 cm³/mol. The third-order valence-electron chi connectivity index (χ3n) is 3.53. The topological polar surface area (TPSA) is 65.0 Å². The molecule has 0 atom stereocenters. The molecule has 5 nitrogen and oxygen atoms in total. The maximum Gasteiger partial charge on any atom is 0.203 e. The van der Waals surface area contributed by atoms with Gasteiger partial charge < -0.3 is 19.3 Å². The highest BCUT2D eigenvalue weighted by Crippen LogP contribution is 2.38. The zero-order chi connectivity index (χ0) is 17.7. The summed E-state index contributed by atoms with van der Waals surface area (Å²) in [6, 6.07) is 8.38. The van der Waals surface area contributed by atoms with Gasteiger partial charge in [-0.25, -0.2) is 0 Å². The van der Waals surface area contributed by atoms with Gasteiger partial charge in [-0.3, -0.25) is 4.79 Å². The number of phenolic OH excluding ortho intramolecular Hbond substituents is 1. The molecular formula is C18H19BO5. The van der Waals surface area contributed by atoms with E-state index < -0.39 is 0 Å². The van der Waals surface area contributed by atoms with Gasteiger partial charge >= 0.3 is 0 Å². The number of carbonyl (C=O) groups is 1. The van der Waals surface area contributed by atoms with Gasteiger partial charge in [-0.05, 0) is 29.8 Å². The van der Waals surface area contributed by atoms with Crippen LogP contribution in [0.2, 0.25) is 0 Å². The Kier molecular flexibility index (Phi) is 5.53. The van der Waals surface area contributed by atoms with Crippen molar-refractivity contribution in [2.75, 3.05) is 21.3 Å². The van der Waals surface area contributed by atoms with E-state index in [1.165, 1.54) is 33.5 Å². The molecule has 1 N–H and O–H groups in total. The molecule has 24 heavy (non-hydrogen) atoms. The van der Waals surface area contributed by atoms with Crippen LogP contribution in [0, 0.1) is 0 Å². The summed E-state index contributed by atoms with van der Waals surface area (Å²) in [5.41, 5.74) is 1.88. The van der Waals surface area contributed by atoms with Crippen LogP contribution in [0.1, 0.15) is 15.9 Å². The molecule has 2 rings (SSSR count). The predicted octanol–water partition coefficient (Wildman–Crippen LogP) is 1.57. The Labute approximate surface area is 141 Å². The Morgan fingerprint density at radius 1 is 1.04 bits per heavy atom. The molecule has 0 aliphatic heterocycles. The van der Waals surface area contributed by atoms with E-state index >= 15 is 0 Å². The molecular weight excluding hydrogens is 307 g/mol. The first-order valence-electron chi connectivity index (χ1n) is 7.32. The van der Waals surface area contributed by atoms with E-state index in [9.17, 15) is 9.90 Å². The number of carbonyl (C=O) groups excluding carboxylic acids is 1. The summed E-state index contributed by atoms with van der Waals surface area (Å²) in [4.78, 5) is 12.3. The number of hydrogen-bond donors (Lipinski definition) is 1. The minimum absolute atomic E-state index is 0.0415. The van der Waals surface area contributed by atoms with Crippen molar-refractivity contribution < 1.29 is 24.1 Å². The summed E-state index contributed by atoms with van der Waals surface area (Å²) in [7, 11) is 6.44. The number of hydrogen-bond acceptors (Lipinski definition) is 5. The van der Waals surface area contributed by atoms with Gasteiger partial charge in [0.15, 0.2) is 17.3 Å². The average molecular weight is 326 g/mol. The fraction of sp³-hybridized carbons (Fsp3) is 0.167. The molecule has 0 fully saturated rings. The molecule has 0 saturated heterocycles. The lowest BCUT2D eigenvalue weighted by molar-refractivity contribution is 0.104. The number of ether oxygens (including phenoxy) is 3. The molecule has 0 bridgehead atoms. The quantitative estimate of drug-likeness (QED) is 0.496. The summed E-state index contributed by atoms with van der Waals surface area (Å²) >= 11 is 0. The molecule has 0 aliphatic carbocycles. The molecule has 0 aliphatic rings. The van der Waals surface area contributed by atoms with Crippen LogP contribution in [0.3, 0.4) is 0 Å². The molecule has 0 saturated carbocycles. The summed E-state index contributed by atoms with van der Waals surface area (Å²) < 4.78 is 15.8. The maximum absolute atomic E-state index is 12.3. The monoisotopic (exact) mass is 326 g/mol. The van der Waals surface area contributed by atoms with Crippen LogP contribution in [0.15, 0.2) is 36.4 Å². The van der Waals surface area contributed by atoms with E-state index in [-0.39, 0.29) is 17.1 Å². The van der Waals surface area contributed by atoms with E-state index in [0.29, 0.717) is 22.8 Å². The zero-order valence-electron chi connectivity index (χ0n) is 14.1. The van der Waals surface area contributed by atoms with Gasteiger partial charge in [0.1, 0.15) is 13.6 Å². The van der Waals surface area contributed by atoms with E-state index in [4.69, 9.17) is 14.2 Å². The van der Waals surface area contributed by atoms with Crippen molar-refractivity contribution >= 4 is 25.2 Å². The number of methoxy groups -OCH3 is 3. The molecule has 2 aromatic rings. The first-order valence-corrected chi connectivity index (χ1v) is 7.32. The lowest BCUT2D eigenvalue weighted by atomic mass is 9.92. The third-order valence-corrected chi connectivity index (χ3v) is 3.53. The molecule has 0 radical (unpaired) electrons. The Balaban J connectivity index is 2.34. The lowest BCUT2D eigenvalue weighted by Crippen LogP contribution is -2.06. The van der Waals surface area contributed by atoms with E-state index in [0.717, 1.165) is 5.46 Å². The molecule has 2 aromatic carbocycles. The number of benzene rings is 2. The maximum atomic E-state index is 12.3. The molecule has 0 unspecified atom stereocenters. The van der Waals surface area contributed by atoms with Crippen LogP contribution in [0.25, 0.3) is 6.08 Å². The van der Waals surface area contributed by atoms with E-state index in [2.05, 4.69) is 0 Å².